The minimum Gasteiger partial charge on any atom is -0.267 e. The van der Waals surface area contributed by atoms with E-state index in [1.165, 1.54) is 23.0 Å². The molecule has 0 atom stereocenters. The summed E-state index contributed by atoms with van der Waals surface area (Å²) in [5, 5.41) is 4.30. The molecule has 0 bridgehead atoms. The van der Waals surface area contributed by atoms with Crippen molar-refractivity contribution in [2.75, 3.05) is 5.43 Å². The molecule has 0 aliphatic rings. The molecule has 158 valence electrons. The van der Waals surface area contributed by atoms with Crippen molar-refractivity contribution >= 4 is 16.9 Å². The molecule has 4 rings (SSSR count). The maximum atomic E-state index is 13.2. The van der Waals surface area contributed by atoms with Crippen LogP contribution in [0, 0.1) is 13.8 Å². The Morgan fingerprint density at radius 2 is 1.81 bits per heavy atom. The summed E-state index contributed by atoms with van der Waals surface area (Å²) in [5.41, 5.74) is 2.88. The number of carbonyl (C=O) groups is 1. The third kappa shape index (κ3) is 3.67. The fraction of sp³-hybridized carbons (Fsp3) is 0.143. The van der Waals surface area contributed by atoms with Crippen LogP contribution < -0.4 is 11.0 Å². The highest BCUT2D eigenvalue weighted by atomic mass is 19.4. The average molecular weight is 427 g/mol. The predicted molar refractivity (Wildman–Crippen MR) is 108 cm³/mol. The molecule has 7 nitrogen and oxygen atoms in total. The molecule has 0 unspecified atom stereocenters. The number of aryl methyl sites for hydroxylation is 2. The second-order valence-electron chi connectivity index (χ2n) is 6.97. The van der Waals surface area contributed by atoms with E-state index in [0.717, 1.165) is 34.3 Å². The zero-order valence-electron chi connectivity index (χ0n) is 16.4. The first-order chi connectivity index (χ1) is 14.7. The molecule has 31 heavy (non-hydrogen) atoms. The Balaban J connectivity index is 1.71. The van der Waals surface area contributed by atoms with Gasteiger partial charge < -0.3 is 0 Å². The predicted octanol–water partition coefficient (Wildman–Crippen LogP) is 3.60. The molecule has 1 N–H and O–H groups in total. The summed E-state index contributed by atoms with van der Waals surface area (Å²) in [6.07, 6.45) is -2.38. The van der Waals surface area contributed by atoms with E-state index in [2.05, 4.69) is 15.5 Å². The SMILES string of the molecule is Cc1ccc(-n2ncc3c(=O)n(NC(=O)c4ccccc4C(F)(F)F)cnc32)cc1C. The van der Waals surface area contributed by atoms with Gasteiger partial charge in [0.15, 0.2) is 5.65 Å². The average Bonchev–Trinajstić information content (AvgIpc) is 3.16. The van der Waals surface area contributed by atoms with E-state index in [0.29, 0.717) is 5.69 Å². The maximum Gasteiger partial charge on any atom is 0.417 e. The first kappa shape index (κ1) is 20.3. The Hall–Kier alpha value is -3.95. The van der Waals surface area contributed by atoms with E-state index in [9.17, 15) is 22.8 Å². The monoisotopic (exact) mass is 427 g/mol. The third-order valence-electron chi connectivity index (χ3n) is 4.92. The van der Waals surface area contributed by atoms with Gasteiger partial charge in [-0.15, -0.1) is 0 Å². The number of nitrogens with one attached hydrogen (secondary N) is 1. The van der Waals surface area contributed by atoms with E-state index in [1.54, 1.807) is 0 Å². The van der Waals surface area contributed by atoms with Crippen LogP contribution in [-0.4, -0.2) is 25.3 Å². The Morgan fingerprint density at radius 3 is 2.52 bits per heavy atom. The molecular weight excluding hydrogens is 411 g/mol. The number of carbonyl (C=O) groups excluding carboxylic acids is 1. The molecule has 0 saturated heterocycles. The van der Waals surface area contributed by atoms with Crippen LogP contribution in [0.2, 0.25) is 0 Å². The number of rotatable bonds is 3. The summed E-state index contributed by atoms with van der Waals surface area (Å²) >= 11 is 0. The highest BCUT2D eigenvalue weighted by molar-refractivity contribution is 6.01. The number of hydrogen-bond acceptors (Lipinski definition) is 4. The molecular formula is C21H16F3N5O2. The van der Waals surface area contributed by atoms with Crippen LogP contribution in [0.3, 0.4) is 0 Å². The molecule has 2 heterocycles. The number of fused-ring (bicyclic) bond motifs is 1. The first-order valence-electron chi connectivity index (χ1n) is 9.17. The van der Waals surface area contributed by atoms with Gasteiger partial charge >= 0.3 is 6.18 Å². The molecule has 0 saturated carbocycles. The van der Waals surface area contributed by atoms with Crippen molar-refractivity contribution in [3.8, 4) is 5.69 Å². The lowest BCUT2D eigenvalue weighted by Crippen LogP contribution is -2.34. The van der Waals surface area contributed by atoms with Gasteiger partial charge in [0.2, 0.25) is 0 Å². The van der Waals surface area contributed by atoms with Crippen LogP contribution in [0.5, 0.6) is 0 Å². The lowest BCUT2D eigenvalue weighted by Gasteiger charge is -2.13. The Bertz CT molecular complexity index is 1370. The fourth-order valence-corrected chi connectivity index (χ4v) is 3.14. The minimum atomic E-state index is -4.71. The molecule has 0 aliphatic carbocycles. The van der Waals surface area contributed by atoms with Crippen LogP contribution in [0.25, 0.3) is 16.7 Å². The Morgan fingerprint density at radius 1 is 1.06 bits per heavy atom. The van der Waals surface area contributed by atoms with Gasteiger partial charge in [0, 0.05) is 0 Å². The van der Waals surface area contributed by atoms with E-state index in [1.807, 2.05) is 32.0 Å². The van der Waals surface area contributed by atoms with Gasteiger partial charge in [0.05, 0.1) is 23.0 Å². The molecule has 10 heteroatoms. The highest BCUT2D eigenvalue weighted by Crippen LogP contribution is 2.31. The van der Waals surface area contributed by atoms with Crippen molar-refractivity contribution in [1.29, 1.82) is 0 Å². The third-order valence-corrected chi connectivity index (χ3v) is 4.92. The summed E-state index contributed by atoms with van der Waals surface area (Å²) in [7, 11) is 0. The number of nitrogens with zero attached hydrogens (tertiary/aromatic N) is 4. The number of aromatic nitrogens is 4. The van der Waals surface area contributed by atoms with E-state index in [-0.39, 0.29) is 11.0 Å². The standard InChI is InChI=1S/C21H16F3N5O2/c1-12-7-8-14(9-13(12)2)29-18-16(10-26-29)20(31)28(11-25-18)27-19(30)15-5-3-4-6-17(15)21(22,23)24/h3-11H,1-2H3,(H,27,30). The van der Waals surface area contributed by atoms with Crippen LogP contribution in [0.4, 0.5) is 13.2 Å². The number of hydrogen-bond donors (Lipinski definition) is 1. The van der Waals surface area contributed by atoms with Crippen molar-refractivity contribution in [3.05, 3.63) is 87.6 Å². The summed E-state index contributed by atoms with van der Waals surface area (Å²) in [6, 6.07) is 9.96. The molecule has 0 radical (unpaired) electrons. The largest absolute Gasteiger partial charge is 0.417 e. The molecule has 2 aromatic heterocycles. The van der Waals surface area contributed by atoms with Crippen LogP contribution in [0.15, 0.2) is 59.8 Å². The number of alkyl halides is 3. The van der Waals surface area contributed by atoms with Crippen molar-refractivity contribution in [1.82, 2.24) is 19.4 Å². The lowest BCUT2D eigenvalue weighted by atomic mass is 10.1. The second kappa shape index (κ2) is 7.38. The van der Waals surface area contributed by atoms with Crippen molar-refractivity contribution in [3.63, 3.8) is 0 Å². The summed E-state index contributed by atoms with van der Waals surface area (Å²) < 4.78 is 41.8. The van der Waals surface area contributed by atoms with Gasteiger partial charge in [-0.1, -0.05) is 18.2 Å². The highest BCUT2D eigenvalue weighted by Gasteiger charge is 2.35. The normalized spacial score (nSPS) is 11.6. The zero-order chi connectivity index (χ0) is 22.3. The fourth-order valence-electron chi connectivity index (χ4n) is 3.14. The summed E-state index contributed by atoms with van der Waals surface area (Å²) in [5.74, 6) is -1.09. The molecule has 0 spiro atoms. The smallest absolute Gasteiger partial charge is 0.267 e. The zero-order valence-corrected chi connectivity index (χ0v) is 16.4. The Labute approximate surface area is 173 Å². The molecule has 4 aromatic rings. The van der Waals surface area contributed by atoms with Crippen LogP contribution in [-0.2, 0) is 6.18 Å². The van der Waals surface area contributed by atoms with Crippen molar-refractivity contribution < 1.29 is 18.0 Å². The van der Waals surface area contributed by atoms with E-state index in [4.69, 9.17) is 0 Å². The number of benzene rings is 2. The molecule has 1 amide bonds. The number of halogens is 3. The van der Waals surface area contributed by atoms with Crippen LogP contribution >= 0.6 is 0 Å². The summed E-state index contributed by atoms with van der Waals surface area (Å²) in [6.45, 7) is 3.91. The van der Waals surface area contributed by atoms with Gasteiger partial charge in [-0.25, -0.2) is 14.3 Å². The lowest BCUT2D eigenvalue weighted by molar-refractivity contribution is -0.137. The minimum absolute atomic E-state index is 0.102. The van der Waals surface area contributed by atoms with Gasteiger partial charge in [-0.2, -0.15) is 18.3 Å². The van der Waals surface area contributed by atoms with Crippen molar-refractivity contribution in [2.24, 2.45) is 0 Å². The number of amides is 1. The second-order valence-corrected chi connectivity index (χ2v) is 6.97. The van der Waals surface area contributed by atoms with Gasteiger partial charge in [0.25, 0.3) is 11.5 Å². The molecule has 2 aromatic carbocycles. The molecule has 0 aliphatic heterocycles. The Kier molecular flexibility index (Phi) is 4.84. The molecule has 0 fully saturated rings. The summed E-state index contributed by atoms with van der Waals surface area (Å²) in [4.78, 5) is 29.4. The topological polar surface area (TPSA) is 81.8 Å². The van der Waals surface area contributed by atoms with Gasteiger partial charge in [-0.05, 0) is 49.2 Å². The van der Waals surface area contributed by atoms with Gasteiger partial charge in [0.1, 0.15) is 11.7 Å². The van der Waals surface area contributed by atoms with Crippen LogP contribution in [0.1, 0.15) is 27.0 Å². The maximum absolute atomic E-state index is 13.2. The first-order valence-corrected chi connectivity index (χ1v) is 9.17. The van der Waals surface area contributed by atoms with Crippen molar-refractivity contribution in [2.45, 2.75) is 20.0 Å². The van der Waals surface area contributed by atoms with Gasteiger partial charge in [-0.3, -0.25) is 15.0 Å². The quantitative estimate of drug-likeness (QED) is 0.542. The van der Waals surface area contributed by atoms with E-state index >= 15 is 0 Å². The van der Waals surface area contributed by atoms with E-state index < -0.39 is 28.8 Å².